The van der Waals surface area contributed by atoms with E-state index in [-0.39, 0.29) is 24.6 Å². The van der Waals surface area contributed by atoms with Gasteiger partial charge in [-0.05, 0) is 49.7 Å². The second kappa shape index (κ2) is 8.05. The van der Waals surface area contributed by atoms with Crippen molar-refractivity contribution in [2.75, 3.05) is 13.6 Å². The minimum Gasteiger partial charge on any atom is -0.489 e. The summed E-state index contributed by atoms with van der Waals surface area (Å²) in [5.74, 6) is -0.175. The monoisotopic (exact) mass is 430 g/mol. The highest BCUT2D eigenvalue weighted by Crippen LogP contribution is 2.32. The Balaban J connectivity index is 1.87. The lowest BCUT2D eigenvalue weighted by molar-refractivity contribution is 0.305. The Morgan fingerprint density at radius 2 is 1.97 bits per heavy atom. The van der Waals surface area contributed by atoms with Crippen LogP contribution in [0.2, 0.25) is 0 Å². The minimum absolute atomic E-state index is 0.0392. The van der Waals surface area contributed by atoms with Crippen LogP contribution in [0, 0.1) is 17.1 Å². The van der Waals surface area contributed by atoms with Crippen molar-refractivity contribution in [2.45, 2.75) is 31.2 Å². The number of sulfonamides is 1. The molecule has 0 bridgehead atoms. The number of nitrogens with two attached hydrogens (primary N) is 1. The topological polar surface area (TPSA) is 109 Å². The van der Waals surface area contributed by atoms with E-state index < -0.39 is 26.6 Å². The summed E-state index contributed by atoms with van der Waals surface area (Å²) in [6.45, 7) is 3.15. The summed E-state index contributed by atoms with van der Waals surface area (Å²) in [6, 6.07) is 12.5. The average Bonchev–Trinajstić information content (AvgIpc) is 2.77. The molecule has 30 heavy (non-hydrogen) atoms. The number of benzene rings is 2. The largest absolute Gasteiger partial charge is 0.489 e. The fourth-order valence-corrected chi connectivity index (χ4v) is 4.54. The van der Waals surface area contributed by atoms with Crippen LogP contribution in [0.1, 0.15) is 36.6 Å². The molecule has 0 aromatic heterocycles. The van der Waals surface area contributed by atoms with E-state index in [1.54, 1.807) is 24.3 Å². The van der Waals surface area contributed by atoms with Gasteiger partial charge in [-0.1, -0.05) is 12.1 Å². The van der Waals surface area contributed by atoms with Crippen LogP contribution in [0.25, 0.3) is 0 Å². The predicted molar refractivity (Wildman–Crippen MR) is 112 cm³/mol. The maximum absolute atomic E-state index is 14.6. The highest BCUT2D eigenvalue weighted by atomic mass is 32.2. The van der Waals surface area contributed by atoms with E-state index in [9.17, 15) is 12.8 Å². The first-order valence-corrected chi connectivity index (χ1v) is 10.7. The number of hydrogen-bond donors (Lipinski definition) is 1. The maximum Gasteiger partial charge on any atom is 0.226 e. The van der Waals surface area contributed by atoms with E-state index in [2.05, 4.69) is 4.99 Å². The number of hydrogen-bond acceptors (Lipinski definition) is 6. The van der Waals surface area contributed by atoms with Crippen LogP contribution in [-0.2, 0) is 16.6 Å². The van der Waals surface area contributed by atoms with E-state index in [4.69, 9.17) is 15.7 Å². The van der Waals surface area contributed by atoms with Gasteiger partial charge in [-0.2, -0.15) is 5.26 Å². The first-order chi connectivity index (χ1) is 14.1. The molecule has 9 heteroatoms. The van der Waals surface area contributed by atoms with Crippen LogP contribution >= 0.6 is 0 Å². The van der Waals surface area contributed by atoms with Gasteiger partial charge in [0.05, 0.1) is 17.7 Å². The molecule has 0 spiro atoms. The normalized spacial score (nSPS) is 20.6. The van der Waals surface area contributed by atoms with Gasteiger partial charge < -0.3 is 10.5 Å². The van der Waals surface area contributed by atoms with Gasteiger partial charge in [0.1, 0.15) is 28.8 Å². The zero-order valence-electron chi connectivity index (χ0n) is 17.0. The molecule has 3 rings (SSSR count). The Morgan fingerprint density at radius 3 is 2.60 bits per heavy atom. The van der Waals surface area contributed by atoms with Gasteiger partial charge in [0.25, 0.3) is 0 Å². The smallest absolute Gasteiger partial charge is 0.226 e. The summed E-state index contributed by atoms with van der Waals surface area (Å²) < 4.78 is 45.6. The van der Waals surface area contributed by atoms with Crippen LogP contribution in [0.5, 0.6) is 5.75 Å². The molecule has 1 unspecified atom stereocenters. The fraction of sp³-hybridized carbons (Fsp3) is 0.333. The van der Waals surface area contributed by atoms with Crippen molar-refractivity contribution in [3.63, 3.8) is 0 Å². The summed E-state index contributed by atoms with van der Waals surface area (Å²) in [6.07, 6.45) is 0. The number of nitriles is 1. The molecule has 2 aromatic carbocycles. The van der Waals surface area contributed by atoms with Crippen molar-refractivity contribution >= 4 is 15.9 Å². The number of likely N-dealkylation sites (N-methyl/N-ethyl adjacent to an activating group) is 1. The summed E-state index contributed by atoms with van der Waals surface area (Å²) in [4.78, 5) is 4.33. The van der Waals surface area contributed by atoms with Crippen molar-refractivity contribution in [2.24, 2.45) is 10.7 Å². The lowest BCUT2D eigenvalue weighted by Crippen LogP contribution is -2.49. The molecule has 0 radical (unpaired) electrons. The molecule has 1 aliphatic rings. The average molecular weight is 431 g/mol. The number of amidine groups is 1. The molecular formula is C21H23FN4O3S. The van der Waals surface area contributed by atoms with Gasteiger partial charge in [0, 0.05) is 19.2 Å². The molecule has 1 atom stereocenters. The molecule has 1 heterocycles. The molecule has 0 saturated heterocycles. The van der Waals surface area contributed by atoms with Gasteiger partial charge in [0.15, 0.2) is 0 Å². The van der Waals surface area contributed by atoms with E-state index >= 15 is 0 Å². The summed E-state index contributed by atoms with van der Waals surface area (Å²) in [5.41, 5.74) is 7.60. The van der Waals surface area contributed by atoms with E-state index in [1.165, 1.54) is 39.1 Å². The molecule has 7 nitrogen and oxygen atoms in total. The zero-order chi connectivity index (χ0) is 22.1. The van der Waals surface area contributed by atoms with Gasteiger partial charge in [-0.25, -0.2) is 17.1 Å². The Morgan fingerprint density at radius 1 is 1.30 bits per heavy atom. The lowest BCUT2D eigenvalue weighted by Gasteiger charge is -2.26. The first-order valence-electron chi connectivity index (χ1n) is 9.27. The lowest BCUT2D eigenvalue weighted by atomic mass is 10.1. The highest BCUT2D eigenvalue weighted by molar-refractivity contribution is 7.91. The van der Waals surface area contributed by atoms with Crippen molar-refractivity contribution in [1.29, 1.82) is 5.26 Å². The van der Waals surface area contributed by atoms with Gasteiger partial charge >= 0.3 is 0 Å². The molecular weight excluding hydrogens is 407 g/mol. The standard InChI is InChI=1S/C21H23FN4O3S/c1-21(2)20(24)25-19(12-26(3)30(21,27)28)17-10-16(8-9-18(17)22)29-13-15-6-4-14(11-23)5-7-15/h4-10,19H,12-13H2,1-3H3,(H2,24,25). The molecule has 158 valence electrons. The second-order valence-electron chi connectivity index (χ2n) is 7.61. The fourth-order valence-electron chi connectivity index (χ4n) is 3.10. The first kappa shape index (κ1) is 21.7. The van der Waals surface area contributed by atoms with Gasteiger partial charge in [0.2, 0.25) is 10.0 Å². The SMILES string of the molecule is CN1CC(c2cc(OCc3ccc(C#N)cc3)ccc2F)N=C(N)C(C)(C)S1(=O)=O. The van der Waals surface area contributed by atoms with Crippen LogP contribution in [0.4, 0.5) is 4.39 Å². The predicted octanol–water partition coefficient (Wildman–Crippen LogP) is 2.73. The van der Waals surface area contributed by atoms with Crippen molar-refractivity contribution in [1.82, 2.24) is 4.31 Å². The molecule has 2 aromatic rings. The van der Waals surface area contributed by atoms with E-state index in [0.717, 1.165) is 9.87 Å². The van der Waals surface area contributed by atoms with Crippen LogP contribution in [0.15, 0.2) is 47.5 Å². The molecule has 1 aliphatic heterocycles. The zero-order valence-corrected chi connectivity index (χ0v) is 17.8. The number of nitrogens with zero attached hydrogens (tertiary/aromatic N) is 3. The third kappa shape index (κ3) is 4.01. The third-order valence-corrected chi connectivity index (χ3v) is 7.68. The van der Waals surface area contributed by atoms with Gasteiger partial charge in [-0.15, -0.1) is 0 Å². The molecule has 0 aliphatic carbocycles. The maximum atomic E-state index is 14.6. The Hall–Kier alpha value is -2.96. The number of rotatable bonds is 4. The summed E-state index contributed by atoms with van der Waals surface area (Å²) in [5, 5.41) is 8.86. The minimum atomic E-state index is -3.74. The summed E-state index contributed by atoms with van der Waals surface area (Å²) >= 11 is 0. The molecule has 0 fully saturated rings. The quantitative estimate of drug-likeness (QED) is 0.802. The molecule has 0 saturated carbocycles. The molecule has 2 N–H and O–H groups in total. The third-order valence-electron chi connectivity index (χ3n) is 5.21. The number of aliphatic imine (C=N–C) groups is 1. The van der Waals surface area contributed by atoms with Crippen LogP contribution in [-0.4, -0.2) is 36.9 Å². The van der Waals surface area contributed by atoms with E-state index in [0.29, 0.717) is 11.3 Å². The number of halogens is 1. The number of ether oxygens (including phenoxy) is 1. The second-order valence-corrected chi connectivity index (χ2v) is 10.2. The van der Waals surface area contributed by atoms with Gasteiger partial charge in [-0.3, -0.25) is 4.99 Å². The van der Waals surface area contributed by atoms with Crippen LogP contribution in [0.3, 0.4) is 0 Å². The Labute approximate surface area is 175 Å². The van der Waals surface area contributed by atoms with Crippen molar-refractivity contribution in [3.8, 4) is 11.8 Å². The van der Waals surface area contributed by atoms with Crippen molar-refractivity contribution in [3.05, 3.63) is 65.0 Å². The Kier molecular flexibility index (Phi) is 5.83. The van der Waals surface area contributed by atoms with Crippen molar-refractivity contribution < 1.29 is 17.5 Å². The Bertz CT molecular complexity index is 1120. The van der Waals surface area contributed by atoms with E-state index in [1.807, 2.05) is 6.07 Å². The summed E-state index contributed by atoms with van der Waals surface area (Å²) in [7, 11) is -2.31. The highest BCUT2D eigenvalue weighted by Gasteiger charge is 2.44. The molecule has 0 amide bonds. The van der Waals surface area contributed by atoms with Crippen LogP contribution < -0.4 is 10.5 Å².